The van der Waals surface area contributed by atoms with Gasteiger partial charge in [-0.15, -0.1) is 0 Å². The second-order valence-corrected chi connectivity index (χ2v) is 5.70. The molecule has 2 nitrogen and oxygen atoms in total. The highest BCUT2D eigenvalue weighted by Crippen LogP contribution is 2.26. The minimum absolute atomic E-state index is 0.0232. The van der Waals surface area contributed by atoms with Crippen LogP contribution < -0.4 is 10.6 Å². The summed E-state index contributed by atoms with van der Waals surface area (Å²) in [5, 5.41) is 4.12. The van der Waals surface area contributed by atoms with Crippen molar-refractivity contribution in [2.75, 3.05) is 11.9 Å². The minimum atomic E-state index is -0.184. The number of thiophene rings is 1. The molecule has 0 saturated heterocycles. The minimum Gasteiger partial charge on any atom is -0.368 e. The fraction of sp³-hybridized carbons (Fsp3) is 0.333. The molecule has 0 saturated carbocycles. The summed E-state index contributed by atoms with van der Waals surface area (Å²) in [6, 6.07) is 7.29. The molecule has 2 rings (SSSR count). The zero-order valence-electron chi connectivity index (χ0n) is 11.3. The van der Waals surface area contributed by atoms with Crippen LogP contribution in [0.15, 0.2) is 35.0 Å². The van der Waals surface area contributed by atoms with Gasteiger partial charge in [-0.2, -0.15) is 11.3 Å². The van der Waals surface area contributed by atoms with E-state index in [4.69, 9.17) is 5.73 Å². The van der Waals surface area contributed by atoms with Crippen LogP contribution in [-0.2, 0) is 13.0 Å². The predicted octanol–water partition coefficient (Wildman–Crippen LogP) is 3.41. The molecule has 1 unspecified atom stereocenters. The maximum atomic E-state index is 14.1. The fourth-order valence-corrected chi connectivity index (χ4v) is 2.89. The summed E-state index contributed by atoms with van der Waals surface area (Å²) < 4.78 is 14.1. The number of hydrogen-bond donors (Lipinski definition) is 1. The quantitative estimate of drug-likeness (QED) is 0.908. The molecule has 0 bridgehead atoms. The van der Waals surface area contributed by atoms with E-state index < -0.39 is 0 Å². The van der Waals surface area contributed by atoms with Crippen molar-refractivity contribution in [3.8, 4) is 0 Å². The first-order chi connectivity index (χ1) is 9.08. The fourth-order valence-electron chi connectivity index (χ4n) is 2.23. The van der Waals surface area contributed by atoms with Gasteiger partial charge in [0.05, 0.1) is 5.69 Å². The Hall–Kier alpha value is -1.39. The molecule has 0 radical (unpaired) electrons. The lowest BCUT2D eigenvalue weighted by atomic mass is 10.0. The zero-order chi connectivity index (χ0) is 13.8. The van der Waals surface area contributed by atoms with Gasteiger partial charge in [-0.3, -0.25) is 0 Å². The molecule has 0 aliphatic rings. The predicted molar refractivity (Wildman–Crippen MR) is 80.2 cm³/mol. The molecule has 0 fully saturated rings. The van der Waals surface area contributed by atoms with Crippen LogP contribution in [0.3, 0.4) is 0 Å². The lowest BCUT2D eigenvalue weighted by molar-refractivity contribution is 0.616. The largest absolute Gasteiger partial charge is 0.368 e. The average molecular weight is 278 g/mol. The molecule has 102 valence electrons. The van der Waals surface area contributed by atoms with Crippen LogP contribution in [0.2, 0.25) is 0 Å². The van der Waals surface area contributed by atoms with Crippen LogP contribution in [0, 0.1) is 5.82 Å². The molecule has 2 N–H and O–H groups in total. The number of nitrogens with zero attached hydrogens (tertiary/aromatic N) is 1. The van der Waals surface area contributed by atoms with Gasteiger partial charge >= 0.3 is 0 Å². The first kappa shape index (κ1) is 14.0. The van der Waals surface area contributed by atoms with E-state index in [0.29, 0.717) is 18.7 Å². The van der Waals surface area contributed by atoms with Crippen molar-refractivity contribution in [3.05, 3.63) is 52.0 Å². The summed E-state index contributed by atoms with van der Waals surface area (Å²) >= 11 is 1.66. The molecule has 19 heavy (non-hydrogen) atoms. The van der Waals surface area contributed by atoms with Crippen LogP contribution in [0.5, 0.6) is 0 Å². The summed E-state index contributed by atoms with van der Waals surface area (Å²) in [7, 11) is 1.92. The maximum absolute atomic E-state index is 14.1. The molecule has 2 aromatic rings. The van der Waals surface area contributed by atoms with E-state index in [1.807, 2.05) is 30.3 Å². The summed E-state index contributed by atoms with van der Waals surface area (Å²) in [6.07, 6.45) is 0.682. The van der Waals surface area contributed by atoms with Crippen molar-refractivity contribution in [1.82, 2.24) is 0 Å². The second kappa shape index (κ2) is 6.17. The molecule has 0 spiro atoms. The summed E-state index contributed by atoms with van der Waals surface area (Å²) in [5.74, 6) is -0.184. The van der Waals surface area contributed by atoms with Crippen LogP contribution >= 0.6 is 11.3 Å². The molecule has 0 aliphatic carbocycles. The van der Waals surface area contributed by atoms with Crippen molar-refractivity contribution in [2.45, 2.75) is 25.9 Å². The van der Waals surface area contributed by atoms with E-state index in [1.165, 1.54) is 11.6 Å². The van der Waals surface area contributed by atoms with Gasteiger partial charge in [-0.25, -0.2) is 4.39 Å². The lowest BCUT2D eigenvalue weighted by Gasteiger charge is -2.23. The first-order valence-corrected chi connectivity index (χ1v) is 7.27. The third kappa shape index (κ3) is 3.55. The van der Waals surface area contributed by atoms with Crippen molar-refractivity contribution in [3.63, 3.8) is 0 Å². The monoisotopic (exact) mass is 278 g/mol. The standard InChI is InChI=1S/C15H19FN2S/c1-11(17)8-13-4-3-5-14(16)15(13)18(2)9-12-6-7-19-10-12/h3-7,10-11H,8-9,17H2,1-2H3. The topological polar surface area (TPSA) is 29.3 Å². The van der Waals surface area contributed by atoms with E-state index >= 15 is 0 Å². The molecule has 4 heteroatoms. The third-order valence-corrected chi connectivity index (χ3v) is 3.73. The number of rotatable bonds is 5. The van der Waals surface area contributed by atoms with Crippen molar-refractivity contribution >= 4 is 17.0 Å². The number of hydrogen-bond acceptors (Lipinski definition) is 3. The van der Waals surface area contributed by atoms with Gasteiger partial charge in [-0.1, -0.05) is 12.1 Å². The molecule has 1 aromatic heterocycles. The summed E-state index contributed by atoms with van der Waals surface area (Å²) in [6.45, 7) is 2.64. The van der Waals surface area contributed by atoms with Crippen molar-refractivity contribution in [2.24, 2.45) is 5.73 Å². The molecule has 1 atom stereocenters. The molecular weight excluding hydrogens is 259 g/mol. The number of halogens is 1. The lowest BCUT2D eigenvalue weighted by Crippen LogP contribution is -2.23. The molecule has 0 aliphatic heterocycles. The first-order valence-electron chi connectivity index (χ1n) is 6.33. The van der Waals surface area contributed by atoms with Crippen molar-refractivity contribution in [1.29, 1.82) is 0 Å². The Morgan fingerprint density at radius 2 is 2.16 bits per heavy atom. The molecule has 1 aromatic carbocycles. The number of anilines is 1. The number of benzene rings is 1. The van der Waals surface area contributed by atoms with E-state index in [1.54, 1.807) is 17.4 Å². The zero-order valence-corrected chi connectivity index (χ0v) is 12.1. The maximum Gasteiger partial charge on any atom is 0.146 e. The summed E-state index contributed by atoms with van der Waals surface area (Å²) in [4.78, 5) is 1.95. The van der Waals surface area contributed by atoms with Gasteiger partial charge in [0.25, 0.3) is 0 Å². The highest BCUT2D eigenvalue weighted by molar-refractivity contribution is 7.07. The van der Waals surface area contributed by atoms with E-state index in [9.17, 15) is 4.39 Å². The normalized spacial score (nSPS) is 12.4. The van der Waals surface area contributed by atoms with E-state index in [0.717, 1.165) is 5.56 Å². The van der Waals surface area contributed by atoms with Gasteiger partial charge in [0, 0.05) is 19.6 Å². The van der Waals surface area contributed by atoms with Crippen LogP contribution in [0.4, 0.5) is 10.1 Å². The molecule has 1 heterocycles. The highest BCUT2D eigenvalue weighted by atomic mass is 32.1. The third-order valence-electron chi connectivity index (χ3n) is 2.99. The SMILES string of the molecule is CC(N)Cc1cccc(F)c1N(C)Cc1ccsc1. The van der Waals surface area contributed by atoms with E-state index in [2.05, 4.69) is 11.4 Å². The smallest absolute Gasteiger partial charge is 0.146 e. The Morgan fingerprint density at radius 1 is 1.37 bits per heavy atom. The molecule has 0 amide bonds. The number of nitrogens with two attached hydrogens (primary N) is 1. The molecular formula is C15H19FN2S. The van der Waals surface area contributed by atoms with Gasteiger partial charge in [0.1, 0.15) is 5.82 Å². The average Bonchev–Trinajstić information content (AvgIpc) is 2.80. The van der Waals surface area contributed by atoms with Crippen LogP contribution in [-0.4, -0.2) is 13.1 Å². The van der Waals surface area contributed by atoms with Crippen LogP contribution in [0.1, 0.15) is 18.1 Å². The Balaban J connectivity index is 2.26. The van der Waals surface area contributed by atoms with Crippen molar-refractivity contribution < 1.29 is 4.39 Å². The van der Waals surface area contributed by atoms with Gasteiger partial charge in [0.2, 0.25) is 0 Å². The van der Waals surface area contributed by atoms with E-state index in [-0.39, 0.29) is 11.9 Å². The number of para-hydroxylation sites is 1. The second-order valence-electron chi connectivity index (χ2n) is 4.92. The highest BCUT2D eigenvalue weighted by Gasteiger charge is 2.14. The van der Waals surface area contributed by atoms with Crippen LogP contribution in [0.25, 0.3) is 0 Å². The Labute approximate surface area is 117 Å². The summed E-state index contributed by atoms with van der Waals surface area (Å²) in [5.41, 5.74) is 8.66. The Morgan fingerprint density at radius 3 is 2.79 bits per heavy atom. The van der Waals surface area contributed by atoms with Gasteiger partial charge < -0.3 is 10.6 Å². The Bertz CT molecular complexity index is 523. The van der Waals surface area contributed by atoms with Gasteiger partial charge in [0.15, 0.2) is 0 Å². The Kier molecular flexibility index (Phi) is 4.56. The van der Waals surface area contributed by atoms with Gasteiger partial charge in [-0.05, 0) is 47.4 Å².